The zero-order chi connectivity index (χ0) is 18.0. The summed E-state index contributed by atoms with van der Waals surface area (Å²) in [5.41, 5.74) is 0.992. The lowest BCUT2D eigenvalue weighted by molar-refractivity contribution is 0.0939. The molecule has 0 bridgehead atoms. The molecule has 0 aromatic heterocycles. The molecular weight excluding hydrogens is 325 g/mol. The number of carbonyl (C=O) groups is 2. The van der Waals surface area contributed by atoms with E-state index in [1.165, 1.54) is 24.3 Å². The summed E-state index contributed by atoms with van der Waals surface area (Å²) >= 11 is 0. The maximum absolute atomic E-state index is 13.0. The van der Waals surface area contributed by atoms with Crippen LogP contribution in [0.2, 0.25) is 0 Å². The lowest BCUT2D eigenvalue weighted by Crippen LogP contribution is -2.20. The van der Waals surface area contributed by atoms with E-state index in [4.69, 9.17) is 9.47 Å². The van der Waals surface area contributed by atoms with Crippen LogP contribution in [0.4, 0.5) is 10.1 Å². The first-order valence-electron chi connectivity index (χ1n) is 8.00. The minimum Gasteiger partial charge on any atom is -0.486 e. The van der Waals surface area contributed by atoms with E-state index in [1.807, 2.05) is 0 Å². The number of rotatable bonds is 4. The van der Waals surface area contributed by atoms with Gasteiger partial charge in [0.25, 0.3) is 5.91 Å². The summed E-state index contributed by atoms with van der Waals surface area (Å²) in [5, 5.41) is 2.71. The highest BCUT2D eigenvalue weighted by atomic mass is 19.1. The molecule has 1 N–H and O–H groups in total. The second-order valence-corrected chi connectivity index (χ2v) is 6.02. The van der Waals surface area contributed by atoms with Crippen molar-refractivity contribution in [2.45, 2.75) is 13.8 Å². The van der Waals surface area contributed by atoms with Crippen LogP contribution in [0.3, 0.4) is 0 Å². The highest BCUT2D eigenvalue weighted by Crippen LogP contribution is 2.36. The van der Waals surface area contributed by atoms with Crippen molar-refractivity contribution in [1.82, 2.24) is 0 Å². The van der Waals surface area contributed by atoms with E-state index in [2.05, 4.69) is 5.32 Å². The van der Waals surface area contributed by atoms with Gasteiger partial charge in [0.15, 0.2) is 17.3 Å². The SMILES string of the molecule is CC(C)C(=O)c1cc2c(cc1NC(=O)c1ccc(F)cc1)OCCO2. The van der Waals surface area contributed by atoms with Gasteiger partial charge in [0.05, 0.1) is 5.69 Å². The zero-order valence-corrected chi connectivity index (χ0v) is 14.0. The molecule has 1 amide bonds. The lowest BCUT2D eigenvalue weighted by Gasteiger charge is -2.21. The molecule has 0 unspecified atom stereocenters. The Bertz CT molecular complexity index is 815. The topological polar surface area (TPSA) is 64.6 Å². The van der Waals surface area contributed by atoms with E-state index in [0.717, 1.165) is 0 Å². The number of carbonyl (C=O) groups excluding carboxylic acids is 2. The van der Waals surface area contributed by atoms with Crippen LogP contribution >= 0.6 is 0 Å². The van der Waals surface area contributed by atoms with E-state index in [1.54, 1.807) is 26.0 Å². The first-order valence-corrected chi connectivity index (χ1v) is 8.00. The maximum atomic E-state index is 13.0. The summed E-state index contributed by atoms with van der Waals surface area (Å²) in [6.45, 7) is 4.37. The van der Waals surface area contributed by atoms with Crippen LogP contribution in [0.25, 0.3) is 0 Å². The normalized spacial score (nSPS) is 12.8. The summed E-state index contributed by atoms with van der Waals surface area (Å²) in [6, 6.07) is 8.36. The molecule has 0 fully saturated rings. The van der Waals surface area contributed by atoms with Crippen LogP contribution in [0, 0.1) is 11.7 Å². The Labute approximate surface area is 144 Å². The highest BCUT2D eigenvalue weighted by molar-refractivity contribution is 6.10. The predicted octanol–water partition coefficient (Wildman–Crippen LogP) is 3.69. The molecule has 2 aromatic carbocycles. The number of ketones is 1. The Balaban J connectivity index is 1.96. The Kier molecular flexibility index (Phi) is 4.70. The van der Waals surface area contributed by atoms with Gasteiger partial charge in [-0.3, -0.25) is 9.59 Å². The van der Waals surface area contributed by atoms with Gasteiger partial charge >= 0.3 is 0 Å². The molecule has 0 atom stereocenters. The minimum absolute atomic E-state index is 0.119. The van der Waals surface area contributed by atoms with Gasteiger partial charge < -0.3 is 14.8 Å². The number of Topliss-reactive ketones (excluding diaryl/α,β-unsaturated/α-hetero) is 1. The standard InChI is InChI=1S/C19H18FNO4/c1-11(2)18(22)14-9-16-17(25-8-7-24-16)10-15(14)21-19(23)12-3-5-13(20)6-4-12/h3-6,9-11H,7-8H2,1-2H3,(H,21,23). The molecule has 25 heavy (non-hydrogen) atoms. The average molecular weight is 343 g/mol. The molecule has 0 radical (unpaired) electrons. The Morgan fingerprint density at radius 3 is 2.24 bits per heavy atom. The van der Waals surface area contributed by atoms with E-state index in [9.17, 15) is 14.0 Å². The van der Waals surface area contributed by atoms with Gasteiger partial charge in [0, 0.05) is 23.1 Å². The van der Waals surface area contributed by atoms with Crippen LogP contribution in [0.15, 0.2) is 36.4 Å². The number of fused-ring (bicyclic) bond motifs is 1. The molecule has 0 aliphatic carbocycles. The third kappa shape index (κ3) is 3.63. The molecule has 6 heteroatoms. The lowest BCUT2D eigenvalue weighted by atomic mass is 9.98. The molecule has 5 nitrogen and oxygen atoms in total. The summed E-state index contributed by atoms with van der Waals surface area (Å²) in [4.78, 5) is 24.9. The Morgan fingerprint density at radius 1 is 1.04 bits per heavy atom. The molecule has 130 valence electrons. The first-order chi connectivity index (χ1) is 12.0. The van der Waals surface area contributed by atoms with Crippen LogP contribution in [-0.2, 0) is 0 Å². The molecule has 3 rings (SSSR count). The van der Waals surface area contributed by atoms with Crippen molar-refractivity contribution < 1.29 is 23.5 Å². The smallest absolute Gasteiger partial charge is 0.255 e. The van der Waals surface area contributed by atoms with Crippen molar-refractivity contribution in [2.75, 3.05) is 18.5 Å². The minimum atomic E-state index is -0.436. The van der Waals surface area contributed by atoms with Crippen LogP contribution in [0.1, 0.15) is 34.6 Å². The van der Waals surface area contributed by atoms with Crippen molar-refractivity contribution in [3.05, 3.63) is 53.3 Å². The molecular formula is C19H18FNO4. The van der Waals surface area contributed by atoms with Gasteiger partial charge in [-0.05, 0) is 30.3 Å². The molecule has 0 saturated heterocycles. The van der Waals surface area contributed by atoms with Crippen molar-refractivity contribution >= 4 is 17.4 Å². The van der Waals surface area contributed by atoms with Gasteiger partial charge in [-0.25, -0.2) is 4.39 Å². The number of nitrogens with one attached hydrogen (secondary N) is 1. The number of amides is 1. The summed E-state index contributed by atoms with van der Waals surface area (Å²) < 4.78 is 24.1. The Morgan fingerprint density at radius 2 is 1.64 bits per heavy atom. The quantitative estimate of drug-likeness (QED) is 0.860. The number of halogens is 1. The third-order valence-corrected chi connectivity index (χ3v) is 3.83. The van der Waals surface area contributed by atoms with E-state index >= 15 is 0 Å². The number of benzene rings is 2. The first kappa shape index (κ1) is 17.0. The number of hydrogen-bond acceptors (Lipinski definition) is 4. The molecule has 0 spiro atoms. The number of ether oxygens (including phenoxy) is 2. The third-order valence-electron chi connectivity index (χ3n) is 3.83. The average Bonchev–Trinajstić information content (AvgIpc) is 2.61. The number of anilines is 1. The zero-order valence-electron chi connectivity index (χ0n) is 14.0. The molecule has 2 aromatic rings. The van der Waals surface area contributed by atoms with Gasteiger partial charge in [0.1, 0.15) is 19.0 Å². The van der Waals surface area contributed by atoms with E-state index in [-0.39, 0.29) is 11.7 Å². The maximum Gasteiger partial charge on any atom is 0.255 e. The van der Waals surface area contributed by atoms with Gasteiger partial charge in [-0.2, -0.15) is 0 Å². The fraction of sp³-hybridized carbons (Fsp3) is 0.263. The van der Waals surface area contributed by atoms with Crippen LogP contribution in [-0.4, -0.2) is 24.9 Å². The molecule has 1 aliphatic rings. The summed E-state index contributed by atoms with van der Waals surface area (Å²) in [7, 11) is 0. The van der Waals surface area contributed by atoms with Gasteiger partial charge in [0.2, 0.25) is 0 Å². The summed E-state index contributed by atoms with van der Waals surface area (Å²) in [5.74, 6) is -0.271. The second kappa shape index (κ2) is 6.93. The van der Waals surface area contributed by atoms with Crippen molar-refractivity contribution in [3.63, 3.8) is 0 Å². The van der Waals surface area contributed by atoms with Crippen molar-refractivity contribution in [2.24, 2.45) is 5.92 Å². The Hall–Kier alpha value is -2.89. The van der Waals surface area contributed by atoms with Crippen LogP contribution in [0.5, 0.6) is 11.5 Å². The van der Waals surface area contributed by atoms with Crippen molar-refractivity contribution in [1.29, 1.82) is 0 Å². The summed E-state index contributed by atoms with van der Waals surface area (Å²) in [6.07, 6.45) is 0. The van der Waals surface area contributed by atoms with E-state index < -0.39 is 11.7 Å². The number of hydrogen-bond donors (Lipinski definition) is 1. The van der Waals surface area contributed by atoms with Crippen LogP contribution < -0.4 is 14.8 Å². The largest absolute Gasteiger partial charge is 0.486 e. The fourth-order valence-electron chi connectivity index (χ4n) is 2.50. The highest BCUT2D eigenvalue weighted by Gasteiger charge is 2.22. The van der Waals surface area contributed by atoms with E-state index in [0.29, 0.717) is 41.5 Å². The second-order valence-electron chi connectivity index (χ2n) is 6.02. The molecule has 1 aliphatic heterocycles. The fourth-order valence-corrected chi connectivity index (χ4v) is 2.50. The van der Waals surface area contributed by atoms with Gasteiger partial charge in [-0.1, -0.05) is 13.8 Å². The predicted molar refractivity (Wildman–Crippen MR) is 91.0 cm³/mol. The monoisotopic (exact) mass is 343 g/mol. The molecule has 0 saturated carbocycles. The van der Waals surface area contributed by atoms with Crippen molar-refractivity contribution in [3.8, 4) is 11.5 Å². The van der Waals surface area contributed by atoms with Gasteiger partial charge in [-0.15, -0.1) is 0 Å². The molecule has 1 heterocycles.